The number of carbonyl (C=O) groups excluding carboxylic acids is 1. The van der Waals surface area contributed by atoms with Crippen LogP contribution in [0.15, 0.2) is 0 Å². The molecule has 20 heavy (non-hydrogen) atoms. The Labute approximate surface area is 121 Å². The van der Waals surface area contributed by atoms with Gasteiger partial charge in [0.2, 0.25) is 5.91 Å². The van der Waals surface area contributed by atoms with Crippen molar-refractivity contribution >= 4 is 11.9 Å². The standard InChI is InChI=1S/C15H28N2O3/c1-10-12(16)8-7-11(15(10,2)3)14(20)17-9-5-4-6-13(18)19/h10-12H,4-9,16H2,1-3H3,(H,17,20)(H,18,19). The van der Waals surface area contributed by atoms with Crippen LogP contribution in [0.2, 0.25) is 0 Å². The van der Waals surface area contributed by atoms with Crippen molar-refractivity contribution in [3.8, 4) is 0 Å². The van der Waals surface area contributed by atoms with Gasteiger partial charge < -0.3 is 16.2 Å². The Kier molecular flexibility index (Phi) is 5.99. The van der Waals surface area contributed by atoms with E-state index in [-0.39, 0.29) is 29.7 Å². The Morgan fingerprint density at radius 3 is 2.55 bits per heavy atom. The highest BCUT2D eigenvalue weighted by Gasteiger charge is 2.44. The Hall–Kier alpha value is -1.10. The average molecular weight is 284 g/mol. The number of amides is 1. The number of rotatable bonds is 6. The number of nitrogens with one attached hydrogen (secondary N) is 1. The molecule has 0 heterocycles. The summed E-state index contributed by atoms with van der Waals surface area (Å²) >= 11 is 0. The number of carbonyl (C=O) groups is 2. The van der Waals surface area contributed by atoms with Crippen LogP contribution in [-0.2, 0) is 9.59 Å². The Morgan fingerprint density at radius 2 is 1.95 bits per heavy atom. The fourth-order valence-electron chi connectivity index (χ4n) is 3.06. The SMILES string of the molecule is CC1C(N)CCC(C(=O)NCCCCC(=O)O)C1(C)C. The fourth-order valence-corrected chi connectivity index (χ4v) is 3.06. The normalized spacial score (nSPS) is 28.9. The molecule has 3 atom stereocenters. The first-order chi connectivity index (χ1) is 9.26. The minimum Gasteiger partial charge on any atom is -0.481 e. The summed E-state index contributed by atoms with van der Waals surface area (Å²) in [5.74, 6) is -0.382. The highest BCUT2D eigenvalue weighted by molar-refractivity contribution is 5.79. The van der Waals surface area contributed by atoms with Crippen molar-refractivity contribution in [3.63, 3.8) is 0 Å². The lowest BCUT2D eigenvalue weighted by Crippen LogP contribution is -2.51. The molecule has 0 aromatic rings. The van der Waals surface area contributed by atoms with E-state index >= 15 is 0 Å². The first-order valence-corrected chi connectivity index (χ1v) is 7.52. The average Bonchev–Trinajstić information content (AvgIpc) is 2.35. The first-order valence-electron chi connectivity index (χ1n) is 7.52. The third-order valence-electron chi connectivity index (χ3n) is 4.94. The zero-order valence-electron chi connectivity index (χ0n) is 12.8. The molecule has 1 amide bonds. The second kappa shape index (κ2) is 7.07. The minimum atomic E-state index is -0.785. The molecule has 1 saturated carbocycles. The maximum absolute atomic E-state index is 12.3. The number of carboxylic acid groups (broad SMARTS) is 1. The van der Waals surface area contributed by atoms with Crippen LogP contribution in [0, 0.1) is 17.3 Å². The largest absolute Gasteiger partial charge is 0.481 e. The molecule has 4 N–H and O–H groups in total. The van der Waals surface area contributed by atoms with Crippen LogP contribution in [0.4, 0.5) is 0 Å². The maximum atomic E-state index is 12.3. The van der Waals surface area contributed by atoms with Gasteiger partial charge in [0.25, 0.3) is 0 Å². The van der Waals surface area contributed by atoms with E-state index in [1.54, 1.807) is 0 Å². The van der Waals surface area contributed by atoms with E-state index in [2.05, 4.69) is 26.1 Å². The van der Waals surface area contributed by atoms with E-state index < -0.39 is 5.97 Å². The monoisotopic (exact) mass is 284 g/mol. The highest BCUT2D eigenvalue weighted by atomic mass is 16.4. The third kappa shape index (κ3) is 4.20. The van der Waals surface area contributed by atoms with Crippen molar-refractivity contribution in [1.82, 2.24) is 5.32 Å². The molecule has 1 fully saturated rings. The number of carboxylic acids is 1. The van der Waals surface area contributed by atoms with Gasteiger partial charge in [-0.1, -0.05) is 20.8 Å². The number of unbranched alkanes of at least 4 members (excludes halogenated alkanes) is 1. The topological polar surface area (TPSA) is 92.4 Å². The van der Waals surface area contributed by atoms with Gasteiger partial charge in [-0.3, -0.25) is 9.59 Å². The lowest BCUT2D eigenvalue weighted by molar-refractivity contribution is -0.137. The molecule has 0 aliphatic heterocycles. The highest BCUT2D eigenvalue weighted by Crippen LogP contribution is 2.44. The lowest BCUT2D eigenvalue weighted by atomic mass is 9.61. The second-order valence-electron chi connectivity index (χ2n) is 6.55. The van der Waals surface area contributed by atoms with Crippen molar-refractivity contribution in [1.29, 1.82) is 0 Å². The van der Waals surface area contributed by atoms with Crippen LogP contribution < -0.4 is 11.1 Å². The molecular weight excluding hydrogens is 256 g/mol. The van der Waals surface area contributed by atoms with E-state index in [1.807, 2.05) is 0 Å². The molecule has 0 aromatic carbocycles. The van der Waals surface area contributed by atoms with Crippen LogP contribution in [-0.4, -0.2) is 29.6 Å². The first kappa shape index (κ1) is 17.0. The summed E-state index contributed by atoms with van der Waals surface area (Å²) in [5, 5.41) is 11.5. The molecule has 1 aliphatic rings. The van der Waals surface area contributed by atoms with Crippen LogP contribution in [0.1, 0.15) is 52.9 Å². The molecule has 116 valence electrons. The van der Waals surface area contributed by atoms with Crippen molar-refractivity contribution in [3.05, 3.63) is 0 Å². The van der Waals surface area contributed by atoms with Gasteiger partial charge in [0.1, 0.15) is 0 Å². The minimum absolute atomic E-state index is 0.00299. The zero-order chi connectivity index (χ0) is 15.3. The molecule has 0 spiro atoms. The van der Waals surface area contributed by atoms with E-state index in [0.717, 1.165) is 12.8 Å². The van der Waals surface area contributed by atoms with Crippen molar-refractivity contribution < 1.29 is 14.7 Å². The zero-order valence-corrected chi connectivity index (χ0v) is 12.8. The molecule has 0 saturated heterocycles. The van der Waals surface area contributed by atoms with Crippen molar-refractivity contribution in [2.75, 3.05) is 6.54 Å². The van der Waals surface area contributed by atoms with Gasteiger partial charge in [-0.25, -0.2) is 0 Å². The molecule has 5 nitrogen and oxygen atoms in total. The summed E-state index contributed by atoms with van der Waals surface area (Å²) in [6.45, 7) is 6.91. The van der Waals surface area contributed by atoms with Gasteiger partial charge in [-0.2, -0.15) is 0 Å². The summed E-state index contributed by atoms with van der Waals surface area (Å²) in [7, 11) is 0. The smallest absolute Gasteiger partial charge is 0.303 e. The number of aliphatic carboxylic acids is 1. The van der Waals surface area contributed by atoms with Gasteiger partial charge in [0.05, 0.1) is 0 Å². The second-order valence-corrected chi connectivity index (χ2v) is 6.55. The molecular formula is C15H28N2O3. The molecule has 1 aliphatic carbocycles. The van der Waals surface area contributed by atoms with Crippen LogP contribution >= 0.6 is 0 Å². The molecule has 0 bridgehead atoms. The molecule has 5 heteroatoms. The summed E-state index contributed by atoms with van der Waals surface area (Å²) in [5.41, 5.74) is 6.00. The fraction of sp³-hybridized carbons (Fsp3) is 0.867. The van der Waals surface area contributed by atoms with Gasteiger partial charge in [-0.15, -0.1) is 0 Å². The van der Waals surface area contributed by atoms with Gasteiger partial charge in [-0.05, 0) is 37.0 Å². The Morgan fingerprint density at radius 1 is 1.30 bits per heavy atom. The summed E-state index contributed by atoms with van der Waals surface area (Å²) < 4.78 is 0. The van der Waals surface area contributed by atoms with E-state index in [0.29, 0.717) is 25.3 Å². The predicted molar refractivity (Wildman–Crippen MR) is 78.1 cm³/mol. The quantitative estimate of drug-likeness (QED) is 0.648. The Bertz CT molecular complexity index is 355. The number of hydrogen-bond acceptors (Lipinski definition) is 3. The van der Waals surface area contributed by atoms with Gasteiger partial charge in [0, 0.05) is 24.9 Å². The summed E-state index contributed by atoms with van der Waals surface area (Å²) in [6, 6.07) is 0.171. The molecule has 0 radical (unpaired) electrons. The van der Waals surface area contributed by atoms with Crippen LogP contribution in [0.5, 0.6) is 0 Å². The van der Waals surface area contributed by atoms with E-state index in [9.17, 15) is 9.59 Å². The van der Waals surface area contributed by atoms with Crippen molar-refractivity contribution in [2.24, 2.45) is 23.0 Å². The molecule has 3 unspecified atom stereocenters. The molecule has 0 aromatic heterocycles. The number of nitrogens with two attached hydrogens (primary N) is 1. The van der Waals surface area contributed by atoms with E-state index in [4.69, 9.17) is 10.8 Å². The summed E-state index contributed by atoms with van der Waals surface area (Å²) in [6.07, 6.45) is 3.20. The Balaban J connectivity index is 2.41. The predicted octanol–water partition coefficient (Wildman–Crippen LogP) is 1.76. The molecule has 1 rings (SSSR count). The van der Waals surface area contributed by atoms with Crippen LogP contribution in [0.25, 0.3) is 0 Å². The maximum Gasteiger partial charge on any atom is 0.303 e. The van der Waals surface area contributed by atoms with Crippen molar-refractivity contribution in [2.45, 2.75) is 58.9 Å². The van der Waals surface area contributed by atoms with Crippen LogP contribution in [0.3, 0.4) is 0 Å². The van der Waals surface area contributed by atoms with Gasteiger partial charge >= 0.3 is 5.97 Å². The van der Waals surface area contributed by atoms with E-state index in [1.165, 1.54) is 0 Å². The van der Waals surface area contributed by atoms with Gasteiger partial charge in [0.15, 0.2) is 0 Å². The summed E-state index contributed by atoms with van der Waals surface area (Å²) in [4.78, 5) is 22.7. The number of hydrogen-bond donors (Lipinski definition) is 3. The third-order valence-corrected chi connectivity index (χ3v) is 4.94. The lowest BCUT2D eigenvalue weighted by Gasteiger charge is -2.46.